The van der Waals surface area contributed by atoms with Crippen molar-refractivity contribution >= 4 is 15.6 Å². The fraction of sp³-hybridized carbons (Fsp3) is 0.545. The molecule has 7 nitrogen and oxygen atoms in total. The van der Waals surface area contributed by atoms with E-state index in [1.165, 1.54) is 20.3 Å². The molecule has 0 radical (unpaired) electrons. The summed E-state index contributed by atoms with van der Waals surface area (Å²) in [6.45, 7) is 0. The van der Waals surface area contributed by atoms with Crippen LogP contribution in [-0.4, -0.2) is 34.8 Å². The Morgan fingerprint density at radius 1 is 1.32 bits per heavy atom. The van der Waals surface area contributed by atoms with Crippen LogP contribution in [0.3, 0.4) is 0 Å². The minimum atomic E-state index is -3.19. The first-order chi connectivity index (χ1) is 8.73. The summed E-state index contributed by atoms with van der Waals surface area (Å²) >= 11 is 0. The van der Waals surface area contributed by atoms with Gasteiger partial charge in [-0.3, -0.25) is 14.2 Å². The number of hydrogen-bond acceptors (Lipinski definition) is 5. The number of sulfone groups is 1. The Labute approximate surface area is 109 Å². The van der Waals surface area contributed by atoms with Crippen LogP contribution < -0.4 is 11.2 Å². The molecule has 104 valence electrons. The van der Waals surface area contributed by atoms with Crippen molar-refractivity contribution < 1.29 is 13.2 Å². The fourth-order valence-corrected chi connectivity index (χ4v) is 3.94. The smallest absolute Gasteiger partial charge is 0.303 e. The second-order valence-corrected chi connectivity index (χ2v) is 6.99. The summed E-state index contributed by atoms with van der Waals surface area (Å²) in [5.41, 5.74) is -1.34. The number of aromatic nitrogens is 2. The van der Waals surface area contributed by atoms with E-state index in [2.05, 4.69) is 0 Å². The van der Waals surface area contributed by atoms with E-state index in [1.54, 1.807) is 0 Å². The standard InChI is InChI=1S/C11H14N2O5S/c1-12-5-8(10(15)13(2)11(12)16)9(14)7-3-4-19(17,18)6-7/h5,7H,3-4,6H2,1-2H3. The van der Waals surface area contributed by atoms with Gasteiger partial charge in [0.15, 0.2) is 15.6 Å². The number of carbonyl (C=O) groups excluding carboxylic acids is 1. The summed E-state index contributed by atoms with van der Waals surface area (Å²) in [5.74, 6) is -1.44. The fourth-order valence-electron chi connectivity index (χ4n) is 2.20. The molecule has 0 bridgehead atoms. The summed E-state index contributed by atoms with van der Waals surface area (Å²) in [6.07, 6.45) is 1.41. The Morgan fingerprint density at radius 2 is 1.95 bits per heavy atom. The molecule has 1 aliphatic rings. The van der Waals surface area contributed by atoms with Gasteiger partial charge in [0.1, 0.15) is 0 Å². The second-order valence-electron chi connectivity index (χ2n) is 4.76. The molecular formula is C11H14N2O5S. The van der Waals surface area contributed by atoms with Crippen LogP contribution in [0, 0.1) is 5.92 Å². The van der Waals surface area contributed by atoms with Crippen molar-refractivity contribution in [3.8, 4) is 0 Å². The summed E-state index contributed by atoms with van der Waals surface area (Å²) in [6, 6.07) is 0. The van der Waals surface area contributed by atoms with Crippen molar-refractivity contribution in [2.45, 2.75) is 6.42 Å². The molecule has 1 fully saturated rings. The number of ketones is 1. The maximum absolute atomic E-state index is 12.2. The number of Topliss-reactive ketones (excluding diaryl/α,β-unsaturated/α-hetero) is 1. The Morgan fingerprint density at radius 3 is 2.47 bits per heavy atom. The lowest BCUT2D eigenvalue weighted by molar-refractivity contribution is 0.0930. The summed E-state index contributed by atoms with van der Waals surface area (Å²) in [5, 5.41) is 0. The van der Waals surface area contributed by atoms with Gasteiger partial charge >= 0.3 is 5.69 Å². The van der Waals surface area contributed by atoms with Gasteiger partial charge in [-0.15, -0.1) is 0 Å². The van der Waals surface area contributed by atoms with Gasteiger partial charge < -0.3 is 4.57 Å². The van der Waals surface area contributed by atoms with Gasteiger partial charge in [-0.1, -0.05) is 0 Å². The maximum atomic E-state index is 12.2. The van der Waals surface area contributed by atoms with Crippen LogP contribution in [0.5, 0.6) is 0 Å². The Balaban J connectivity index is 2.47. The molecule has 1 aromatic rings. The predicted octanol–water partition coefficient (Wildman–Crippen LogP) is -1.30. The average molecular weight is 286 g/mol. The van der Waals surface area contributed by atoms with Crippen molar-refractivity contribution in [3.05, 3.63) is 32.6 Å². The minimum absolute atomic E-state index is 0.0323. The molecule has 0 aliphatic carbocycles. The van der Waals surface area contributed by atoms with Crippen LogP contribution >= 0.6 is 0 Å². The van der Waals surface area contributed by atoms with Crippen LogP contribution in [0.2, 0.25) is 0 Å². The van der Waals surface area contributed by atoms with Crippen LogP contribution in [0.4, 0.5) is 0 Å². The zero-order valence-electron chi connectivity index (χ0n) is 10.6. The van der Waals surface area contributed by atoms with E-state index in [-0.39, 0.29) is 23.5 Å². The lowest BCUT2D eigenvalue weighted by Crippen LogP contribution is -2.40. The number of carbonyl (C=O) groups is 1. The zero-order chi connectivity index (χ0) is 14.4. The first-order valence-corrected chi connectivity index (χ1v) is 7.56. The Hall–Kier alpha value is -1.70. The molecule has 19 heavy (non-hydrogen) atoms. The molecule has 0 N–H and O–H groups in total. The van der Waals surface area contributed by atoms with E-state index >= 15 is 0 Å². The van der Waals surface area contributed by atoms with E-state index in [4.69, 9.17) is 0 Å². The molecule has 2 rings (SSSR count). The van der Waals surface area contributed by atoms with Gasteiger partial charge in [0.2, 0.25) is 0 Å². The highest BCUT2D eigenvalue weighted by molar-refractivity contribution is 7.91. The van der Waals surface area contributed by atoms with Gasteiger partial charge in [-0.05, 0) is 6.42 Å². The largest absolute Gasteiger partial charge is 0.330 e. The summed E-state index contributed by atoms with van der Waals surface area (Å²) in [4.78, 5) is 35.6. The molecule has 1 aromatic heterocycles. The zero-order valence-corrected chi connectivity index (χ0v) is 11.4. The SMILES string of the molecule is Cn1cc(C(=O)C2CCS(=O)(=O)C2)c(=O)n(C)c1=O. The first kappa shape index (κ1) is 13.7. The monoisotopic (exact) mass is 286 g/mol. The molecule has 2 heterocycles. The van der Waals surface area contributed by atoms with E-state index in [0.717, 1.165) is 9.13 Å². The molecule has 0 aromatic carbocycles. The topological polar surface area (TPSA) is 95.2 Å². The van der Waals surface area contributed by atoms with E-state index in [9.17, 15) is 22.8 Å². The molecule has 0 amide bonds. The number of nitrogens with zero attached hydrogens (tertiary/aromatic N) is 2. The van der Waals surface area contributed by atoms with Crippen molar-refractivity contribution in [3.63, 3.8) is 0 Å². The third-order valence-corrected chi connectivity index (χ3v) is 5.08. The molecular weight excluding hydrogens is 272 g/mol. The van der Waals surface area contributed by atoms with Crippen LogP contribution in [-0.2, 0) is 23.9 Å². The molecule has 1 aliphatic heterocycles. The lowest BCUT2D eigenvalue weighted by Gasteiger charge is -2.09. The third kappa shape index (κ3) is 2.40. The van der Waals surface area contributed by atoms with E-state index in [1.807, 2.05) is 0 Å². The highest BCUT2D eigenvalue weighted by Crippen LogP contribution is 2.21. The molecule has 0 spiro atoms. The van der Waals surface area contributed by atoms with Crippen molar-refractivity contribution in [1.29, 1.82) is 0 Å². The number of hydrogen-bond donors (Lipinski definition) is 0. The Kier molecular flexibility index (Phi) is 3.21. The lowest BCUT2D eigenvalue weighted by atomic mass is 9.99. The van der Waals surface area contributed by atoms with E-state index in [0.29, 0.717) is 0 Å². The summed E-state index contributed by atoms with van der Waals surface area (Å²) in [7, 11) is -0.469. The molecule has 1 saturated heterocycles. The van der Waals surface area contributed by atoms with Crippen LogP contribution in [0.15, 0.2) is 15.8 Å². The highest BCUT2D eigenvalue weighted by atomic mass is 32.2. The number of rotatable bonds is 2. The van der Waals surface area contributed by atoms with Gasteiger partial charge in [0.25, 0.3) is 5.56 Å². The minimum Gasteiger partial charge on any atom is -0.303 e. The van der Waals surface area contributed by atoms with Gasteiger partial charge in [-0.25, -0.2) is 13.2 Å². The average Bonchev–Trinajstić information content (AvgIpc) is 2.71. The third-order valence-electron chi connectivity index (χ3n) is 3.32. The quantitative estimate of drug-likeness (QED) is 0.630. The van der Waals surface area contributed by atoms with E-state index < -0.39 is 32.8 Å². The van der Waals surface area contributed by atoms with Crippen LogP contribution in [0.1, 0.15) is 16.8 Å². The molecule has 1 unspecified atom stereocenters. The molecule has 8 heteroatoms. The second kappa shape index (κ2) is 4.44. The van der Waals surface area contributed by atoms with Gasteiger partial charge in [0, 0.05) is 26.2 Å². The molecule has 1 atom stereocenters. The van der Waals surface area contributed by atoms with Crippen molar-refractivity contribution in [2.75, 3.05) is 11.5 Å². The Bertz CT molecular complexity index is 756. The van der Waals surface area contributed by atoms with Crippen molar-refractivity contribution in [2.24, 2.45) is 20.0 Å². The van der Waals surface area contributed by atoms with Crippen molar-refractivity contribution in [1.82, 2.24) is 9.13 Å². The highest BCUT2D eigenvalue weighted by Gasteiger charge is 2.34. The summed E-state index contributed by atoms with van der Waals surface area (Å²) < 4.78 is 24.7. The van der Waals surface area contributed by atoms with Gasteiger partial charge in [0.05, 0.1) is 17.1 Å². The first-order valence-electron chi connectivity index (χ1n) is 5.74. The molecule has 0 saturated carbocycles. The maximum Gasteiger partial charge on any atom is 0.330 e. The number of aryl methyl sites for hydroxylation is 1. The normalized spacial score (nSPS) is 21.5. The predicted molar refractivity (Wildman–Crippen MR) is 68.0 cm³/mol. The van der Waals surface area contributed by atoms with Gasteiger partial charge in [-0.2, -0.15) is 0 Å². The van der Waals surface area contributed by atoms with Crippen LogP contribution in [0.25, 0.3) is 0 Å².